The van der Waals surface area contributed by atoms with Gasteiger partial charge in [-0.15, -0.1) is 0 Å². The van der Waals surface area contributed by atoms with Crippen molar-refractivity contribution in [1.29, 1.82) is 0 Å². The quantitative estimate of drug-likeness (QED) is 0.803. The molecule has 0 amide bonds. The molecule has 5 nitrogen and oxygen atoms in total. The van der Waals surface area contributed by atoms with Crippen LogP contribution in [0.1, 0.15) is 57.0 Å². The highest BCUT2D eigenvalue weighted by Gasteiger charge is 2.67. The first-order valence-electron chi connectivity index (χ1n) is 9.74. The number of nitrogens with zero attached hydrogens (tertiary/aromatic N) is 3. The zero-order valence-corrected chi connectivity index (χ0v) is 14.3. The molecule has 130 valence electrons. The normalized spacial score (nSPS) is 37.8. The minimum Gasteiger partial charge on any atom is -0.245 e. The Balaban J connectivity index is 1.61. The lowest BCUT2D eigenvalue weighted by Crippen LogP contribution is -2.64. The fraction of sp³-hybridized carbons (Fsp3) is 0.600. The summed E-state index contributed by atoms with van der Waals surface area (Å²) in [7, 11) is 0. The van der Waals surface area contributed by atoms with Crippen LogP contribution in [0.25, 0.3) is 5.69 Å². The molecule has 25 heavy (non-hydrogen) atoms. The Labute approximate surface area is 145 Å². The third kappa shape index (κ3) is 1.52. The molecule has 2 aromatic rings. The molecule has 2 aliphatic heterocycles. The molecule has 3 aliphatic carbocycles. The molecule has 0 saturated heterocycles. The Morgan fingerprint density at radius 1 is 0.920 bits per heavy atom. The molecule has 1 aromatic carbocycles. The van der Waals surface area contributed by atoms with Crippen molar-refractivity contribution < 1.29 is 0 Å². The summed E-state index contributed by atoms with van der Waals surface area (Å²) in [6.07, 6.45) is 8.56. The summed E-state index contributed by atoms with van der Waals surface area (Å²) in [6.45, 7) is 0. The number of hydrogen-bond acceptors (Lipinski definition) is 2. The molecular formula is C20H23N3O2. The summed E-state index contributed by atoms with van der Waals surface area (Å²) < 4.78 is 5.11. The molecular weight excluding hydrogens is 314 g/mol. The van der Waals surface area contributed by atoms with Crippen molar-refractivity contribution in [2.75, 3.05) is 0 Å². The lowest BCUT2D eigenvalue weighted by atomic mass is 9.44. The third-order valence-corrected chi connectivity index (χ3v) is 7.73. The Bertz CT molecular complexity index is 965. The third-order valence-electron chi connectivity index (χ3n) is 7.73. The van der Waals surface area contributed by atoms with Gasteiger partial charge in [-0.05, 0) is 55.1 Å². The molecule has 5 aliphatic rings. The van der Waals surface area contributed by atoms with E-state index in [-0.39, 0.29) is 23.5 Å². The lowest BCUT2D eigenvalue weighted by molar-refractivity contribution is -0.181. The van der Waals surface area contributed by atoms with Crippen LogP contribution in [0.3, 0.4) is 0 Å². The zero-order valence-electron chi connectivity index (χ0n) is 14.3. The molecule has 1 spiro atoms. The largest absolute Gasteiger partial charge is 0.352 e. The van der Waals surface area contributed by atoms with E-state index in [0.717, 1.165) is 18.8 Å². The molecule has 4 bridgehead atoms. The maximum Gasteiger partial charge on any atom is 0.352 e. The predicted molar refractivity (Wildman–Crippen MR) is 94.1 cm³/mol. The van der Waals surface area contributed by atoms with E-state index in [4.69, 9.17) is 0 Å². The van der Waals surface area contributed by atoms with Crippen LogP contribution >= 0.6 is 0 Å². The lowest BCUT2D eigenvalue weighted by Gasteiger charge is -2.66. The van der Waals surface area contributed by atoms with Gasteiger partial charge in [-0.25, -0.2) is 23.5 Å². The Morgan fingerprint density at radius 2 is 1.72 bits per heavy atom. The van der Waals surface area contributed by atoms with Gasteiger partial charge in [0.25, 0.3) is 0 Å². The standard InChI is InChI=1S/C20H23N3O2/c24-18-21(14-7-2-1-3-8-14)19(25)23-16-10-9-15(22(18)23)17-13-6-4-5-11-20(16,17)12-13/h1-3,7-8,13,15-17H,4-6,9-12H2/t13-,15+,16-,17-,20-/m1/s1. The van der Waals surface area contributed by atoms with Crippen molar-refractivity contribution in [3.8, 4) is 5.69 Å². The van der Waals surface area contributed by atoms with Crippen molar-refractivity contribution in [3.05, 3.63) is 51.3 Å². The van der Waals surface area contributed by atoms with E-state index in [9.17, 15) is 9.59 Å². The van der Waals surface area contributed by atoms with Crippen LogP contribution in [0.5, 0.6) is 0 Å². The fourth-order valence-electron chi connectivity index (χ4n) is 6.98. The highest BCUT2D eigenvalue weighted by atomic mass is 16.2. The number of para-hydroxylation sites is 1. The Kier molecular flexibility index (Phi) is 2.59. The monoisotopic (exact) mass is 337 g/mol. The van der Waals surface area contributed by atoms with E-state index in [0.29, 0.717) is 17.0 Å². The molecule has 7 rings (SSSR count). The fourth-order valence-corrected chi connectivity index (χ4v) is 6.98. The summed E-state index contributed by atoms with van der Waals surface area (Å²) in [6, 6.07) is 9.85. The number of aromatic nitrogens is 3. The van der Waals surface area contributed by atoms with Gasteiger partial charge in [-0.2, -0.15) is 0 Å². The first-order chi connectivity index (χ1) is 12.2. The number of rotatable bonds is 1. The SMILES string of the molecule is O=c1n(-c2ccccc2)c(=O)n2n1[C@H]1CC[C@@H]2[C@@]23CCCC[C@H](C2)[C@H]13. The molecule has 5 heteroatoms. The topological polar surface area (TPSA) is 48.9 Å². The van der Waals surface area contributed by atoms with Crippen molar-refractivity contribution >= 4 is 0 Å². The molecule has 1 aromatic heterocycles. The minimum atomic E-state index is -0.135. The molecule has 5 atom stereocenters. The molecule has 3 fully saturated rings. The summed E-state index contributed by atoms with van der Waals surface area (Å²) in [5.41, 5.74) is 0.718. The highest BCUT2D eigenvalue weighted by Crippen LogP contribution is 2.71. The van der Waals surface area contributed by atoms with Gasteiger partial charge in [0.2, 0.25) is 0 Å². The van der Waals surface area contributed by atoms with Crippen LogP contribution in [0.4, 0.5) is 0 Å². The van der Waals surface area contributed by atoms with Crippen molar-refractivity contribution in [2.24, 2.45) is 17.3 Å². The van der Waals surface area contributed by atoms with E-state index in [1.807, 2.05) is 39.7 Å². The number of fused-ring (bicyclic) bond motifs is 2. The predicted octanol–water partition coefficient (Wildman–Crippen LogP) is 2.89. The summed E-state index contributed by atoms with van der Waals surface area (Å²) >= 11 is 0. The maximum atomic E-state index is 13.2. The highest BCUT2D eigenvalue weighted by molar-refractivity contribution is 5.31. The van der Waals surface area contributed by atoms with Gasteiger partial charge >= 0.3 is 11.4 Å². The van der Waals surface area contributed by atoms with E-state index < -0.39 is 0 Å². The molecule has 3 heterocycles. The van der Waals surface area contributed by atoms with Gasteiger partial charge in [-0.3, -0.25) is 0 Å². The van der Waals surface area contributed by atoms with Crippen LogP contribution in [0, 0.1) is 17.3 Å². The van der Waals surface area contributed by atoms with Crippen LogP contribution in [0.15, 0.2) is 39.9 Å². The van der Waals surface area contributed by atoms with E-state index in [2.05, 4.69) is 0 Å². The minimum absolute atomic E-state index is 0.133. The van der Waals surface area contributed by atoms with E-state index in [1.54, 1.807) is 0 Å². The first kappa shape index (κ1) is 14.2. The van der Waals surface area contributed by atoms with E-state index in [1.165, 1.54) is 36.7 Å². The van der Waals surface area contributed by atoms with Crippen LogP contribution in [-0.4, -0.2) is 13.9 Å². The average Bonchev–Trinajstić information content (AvgIpc) is 2.81. The van der Waals surface area contributed by atoms with Crippen LogP contribution in [0.2, 0.25) is 0 Å². The summed E-state index contributed by atoms with van der Waals surface area (Å²) in [4.78, 5) is 26.5. The van der Waals surface area contributed by atoms with Gasteiger partial charge in [0, 0.05) is 0 Å². The molecule has 3 saturated carbocycles. The second-order valence-corrected chi connectivity index (χ2v) is 8.55. The Morgan fingerprint density at radius 3 is 2.56 bits per heavy atom. The van der Waals surface area contributed by atoms with Crippen LogP contribution in [-0.2, 0) is 0 Å². The zero-order chi connectivity index (χ0) is 16.8. The van der Waals surface area contributed by atoms with Gasteiger partial charge < -0.3 is 0 Å². The smallest absolute Gasteiger partial charge is 0.245 e. The summed E-state index contributed by atoms with van der Waals surface area (Å²) in [5.74, 6) is 1.39. The summed E-state index contributed by atoms with van der Waals surface area (Å²) in [5, 5.41) is 0. The van der Waals surface area contributed by atoms with Crippen molar-refractivity contribution in [1.82, 2.24) is 13.9 Å². The van der Waals surface area contributed by atoms with Crippen LogP contribution < -0.4 is 11.4 Å². The average molecular weight is 337 g/mol. The molecule has 0 unspecified atom stereocenters. The molecule has 0 N–H and O–H groups in total. The van der Waals surface area contributed by atoms with E-state index >= 15 is 0 Å². The van der Waals surface area contributed by atoms with Gasteiger partial charge in [0.15, 0.2) is 0 Å². The van der Waals surface area contributed by atoms with Gasteiger partial charge in [-0.1, -0.05) is 37.5 Å². The van der Waals surface area contributed by atoms with Gasteiger partial charge in [0.1, 0.15) is 0 Å². The van der Waals surface area contributed by atoms with Crippen molar-refractivity contribution in [2.45, 2.75) is 57.0 Å². The maximum absolute atomic E-state index is 13.2. The second kappa shape index (κ2) is 4.57. The van der Waals surface area contributed by atoms with Crippen molar-refractivity contribution in [3.63, 3.8) is 0 Å². The van der Waals surface area contributed by atoms with Gasteiger partial charge in [0.05, 0.1) is 17.8 Å². The first-order valence-corrected chi connectivity index (χ1v) is 9.74. The second-order valence-electron chi connectivity index (χ2n) is 8.55. The number of benzene rings is 1. The Hall–Kier alpha value is -2.04. The molecule has 0 radical (unpaired) electrons. The number of hydrogen-bond donors (Lipinski definition) is 0.